The summed E-state index contributed by atoms with van der Waals surface area (Å²) in [5.41, 5.74) is -0.0110. The van der Waals surface area contributed by atoms with Gasteiger partial charge in [-0.1, -0.05) is 47.0 Å². The van der Waals surface area contributed by atoms with Crippen molar-refractivity contribution in [3.63, 3.8) is 0 Å². The van der Waals surface area contributed by atoms with Crippen molar-refractivity contribution in [1.29, 1.82) is 0 Å². The van der Waals surface area contributed by atoms with Crippen LogP contribution in [0.1, 0.15) is 48.0 Å². The molecule has 0 spiro atoms. The molecule has 1 atom stereocenters. The molecule has 1 radical (unpaired) electrons. The van der Waals surface area contributed by atoms with Crippen molar-refractivity contribution in [3.05, 3.63) is 13.8 Å². The van der Waals surface area contributed by atoms with Crippen LogP contribution in [0.5, 0.6) is 0 Å². The van der Waals surface area contributed by atoms with E-state index < -0.39 is 0 Å². The van der Waals surface area contributed by atoms with Gasteiger partial charge in [-0.25, -0.2) is 0 Å². The summed E-state index contributed by atoms with van der Waals surface area (Å²) < 4.78 is 0. The summed E-state index contributed by atoms with van der Waals surface area (Å²) in [4.78, 5) is 0. The van der Waals surface area contributed by atoms with Crippen molar-refractivity contribution in [2.24, 2.45) is 17.3 Å². The van der Waals surface area contributed by atoms with Crippen molar-refractivity contribution in [1.82, 2.24) is 0 Å². The minimum Gasteiger partial charge on any atom is -0.367 e. The van der Waals surface area contributed by atoms with E-state index >= 15 is 0 Å². The standard InChI is InChI=1S/C10H20.C2H6.V/c1-7-9(8(2)3)10(4,5)6;1-2;/h8-9H,4-5,7H2,1-3,6H3;1-2H3;/q-2;;+2. The van der Waals surface area contributed by atoms with Gasteiger partial charge in [-0.2, -0.15) is 0 Å². The molecule has 0 aromatic carbocycles. The summed E-state index contributed by atoms with van der Waals surface area (Å²) in [7, 11) is 0. The molecule has 0 bridgehead atoms. The maximum atomic E-state index is 4.05. The zero-order chi connectivity index (χ0) is 10.4. The van der Waals surface area contributed by atoms with Gasteiger partial charge in [0.1, 0.15) is 0 Å². The molecule has 79 valence electrons. The third-order valence-electron chi connectivity index (χ3n) is 2.14. The van der Waals surface area contributed by atoms with Crippen LogP contribution >= 0.6 is 0 Å². The predicted octanol–water partition coefficient (Wildman–Crippen LogP) is 4.37. The molecule has 0 aliphatic carbocycles. The molecule has 0 aliphatic heterocycles. The topological polar surface area (TPSA) is 0 Å². The molecule has 0 aromatic rings. The molecule has 0 fully saturated rings. The van der Waals surface area contributed by atoms with Crippen LogP contribution in [0.2, 0.25) is 0 Å². The van der Waals surface area contributed by atoms with Crippen LogP contribution in [-0.2, 0) is 18.6 Å². The molecule has 0 amide bonds. The molecule has 0 rings (SSSR count). The quantitative estimate of drug-likeness (QED) is 0.621. The maximum Gasteiger partial charge on any atom is 2.00 e. The first-order valence-corrected chi connectivity index (χ1v) is 5.10. The van der Waals surface area contributed by atoms with Gasteiger partial charge in [0.15, 0.2) is 0 Å². The Kier molecular flexibility index (Phi) is 13.5. The van der Waals surface area contributed by atoms with E-state index in [1.807, 2.05) is 13.8 Å². The van der Waals surface area contributed by atoms with Crippen LogP contribution in [-0.4, -0.2) is 0 Å². The largest absolute Gasteiger partial charge is 2.00 e. The van der Waals surface area contributed by atoms with E-state index in [2.05, 4.69) is 41.5 Å². The summed E-state index contributed by atoms with van der Waals surface area (Å²) in [5, 5.41) is 0. The summed E-state index contributed by atoms with van der Waals surface area (Å²) in [6.07, 6.45) is 1.18. The Morgan fingerprint density at radius 1 is 1.15 bits per heavy atom. The minimum absolute atomic E-state index is 0. The zero-order valence-corrected chi connectivity index (χ0v) is 11.6. The molecule has 0 N–H and O–H groups in total. The van der Waals surface area contributed by atoms with E-state index in [-0.39, 0.29) is 24.0 Å². The van der Waals surface area contributed by atoms with Crippen molar-refractivity contribution >= 4 is 0 Å². The summed E-state index contributed by atoms with van der Waals surface area (Å²) in [5.74, 6) is 1.34. The predicted molar refractivity (Wildman–Crippen MR) is 58.8 cm³/mol. The molecule has 0 nitrogen and oxygen atoms in total. The van der Waals surface area contributed by atoms with E-state index in [9.17, 15) is 0 Å². The molecule has 0 aliphatic rings. The molecule has 1 heteroatoms. The van der Waals surface area contributed by atoms with Crippen molar-refractivity contribution < 1.29 is 18.6 Å². The van der Waals surface area contributed by atoms with Crippen molar-refractivity contribution in [2.45, 2.75) is 48.0 Å². The Bertz CT molecular complexity index is 89.8. The van der Waals surface area contributed by atoms with Gasteiger partial charge in [-0.05, 0) is 5.92 Å². The first kappa shape index (κ1) is 19.2. The second kappa shape index (κ2) is 9.15. The van der Waals surface area contributed by atoms with Crippen LogP contribution in [0, 0.1) is 31.1 Å². The van der Waals surface area contributed by atoms with Gasteiger partial charge in [0.25, 0.3) is 0 Å². The van der Waals surface area contributed by atoms with Crippen molar-refractivity contribution in [3.8, 4) is 0 Å². The molecule has 0 saturated carbocycles. The van der Waals surface area contributed by atoms with Crippen LogP contribution < -0.4 is 0 Å². The Hall–Kier alpha value is 0.584. The van der Waals surface area contributed by atoms with Gasteiger partial charge in [0, 0.05) is 0 Å². The summed E-state index contributed by atoms with van der Waals surface area (Å²) in [6.45, 7) is 20.9. The molecule has 0 aromatic heterocycles. The fourth-order valence-corrected chi connectivity index (χ4v) is 1.77. The number of hydrogen-bond acceptors (Lipinski definition) is 0. The Morgan fingerprint density at radius 3 is 1.46 bits per heavy atom. The van der Waals surface area contributed by atoms with E-state index in [0.717, 1.165) is 0 Å². The van der Waals surface area contributed by atoms with E-state index in [4.69, 9.17) is 0 Å². The molecule has 13 heavy (non-hydrogen) atoms. The molecular formula is C12H26V. The van der Waals surface area contributed by atoms with Crippen LogP contribution in [0.3, 0.4) is 0 Å². The average Bonchev–Trinajstić information content (AvgIpc) is 1.89. The molecule has 0 heterocycles. The fourth-order valence-electron chi connectivity index (χ4n) is 1.77. The van der Waals surface area contributed by atoms with E-state index in [1.54, 1.807) is 0 Å². The SMILES string of the molecule is CC.[CH2-]C([CH2-])(C)C(CC)C(C)C.[V+2]. The summed E-state index contributed by atoms with van der Waals surface area (Å²) in [6, 6.07) is 0. The fraction of sp³-hybridized carbons (Fsp3) is 0.833. The van der Waals surface area contributed by atoms with Gasteiger partial charge >= 0.3 is 18.6 Å². The van der Waals surface area contributed by atoms with Gasteiger partial charge in [0.05, 0.1) is 0 Å². The monoisotopic (exact) mass is 221 g/mol. The second-order valence-corrected chi connectivity index (χ2v) is 3.91. The van der Waals surface area contributed by atoms with Gasteiger partial charge in [0.2, 0.25) is 0 Å². The van der Waals surface area contributed by atoms with E-state index in [0.29, 0.717) is 11.8 Å². The summed E-state index contributed by atoms with van der Waals surface area (Å²) >= 11 is 0. The number of rotatable bonds is 3. The molecular weight excluding hydrogens is 195 g/mol. The van der Waals surface area contributed by atoms with Gasteiger partial charge in [-0.15, -0.1) is 6.92 Å². The number of hydrogen-bond donors (Lipinski definition) is 0. The Labute approximate surface area is 97.8 Å². The van der Waals surface area contributed by atoms with E-state index in [1.165, 1.54) is 6.42 Å². The van der Waals surface area contributed by atoms with Gasteiger partial charge < -0.3 is 13.8 Å². The Morgan fingerprint density at radius 2 is 1.46 bits per heavy atom. The first-order chi connectivity index (χ1) is 5.39. The third-order valence-corrected chi connectivity index (χ3v) is 2.14. The normalized spacial score (nSPS) is 12.7. The van der Waals surface area contributed by atoms with Gasteiger partial charge in [-0.3, -0.25) is 5.41 Å². The maximum absolute atomic E-state index is 4.05. The Balaban J connectivity index is -0.000000309. The minimum atomic E-state index is -0.0110. The zero-order valence-electron chi connectivity index (χ0n) is 10.2. The first-order valence-electron chi connectivity index (χ1n) is 5.10. The van der Waals surface area contributed by atoms with Crippen LogP contribution in [0.4, 0.5) is 0 Å². The second-order valence-electron chi connectivity index (χ2n) is 3.91. The smallest absolute Gasteiger partial charge is 0.367 e. The van der Waals surface area contributed by atoms with Crippen LogP contribution in [0.25, 0.3) is 0 Å². The molecule has 0 saturated heterocycles. The van der Waals surface area contributed by atoms with Crippen LogP contribution in [0.15, 0.2) is 0 Å². The third kappa shape index (κ3) is 8.90. The average molecular weight is 221 g/mol. The van der Waals surface area contributed by atoms with Crippen molar-refractivity contribution in [2.75, 3.05) is 0 Å². The molecule has 1 unspecified atom stereocenters.